The van der Waals surface area contributed by atoms with Gasteiger partial charge >= 0.3 is 0 Å². The molecule has 6 heteroatoms. The average molecular weight is 259 g/mol. The summed E-state index contributed by atoms with van der Waals surface area (Å²) >= 11 is 0. The van der Waals surface area contributed by atoms with Crippen LogP contribution in [0.1, 0.15) is 47.0 Å². The van der Waals surface area contributed by atoms with Gasteiger partial charge in [0.15, 0.2) is 0 Å². The Kier molecular flexibility index (Phi) is 3.89. The smallest absolute Gasteiger partial charge is 0.253 e. The molecule has 0 aliphatic rings. The highest BCUT2D eigenvalue weighted by Gasteiger charge is 2.18. The summed E-state index contributed by atoms with van der Waals surface area (Å²) in [5, 5.41) is 10.8. The first-order valence-electron chi connectivity index (χ1n) is 6.23. The van der Waals surface area contributed by atoms with Crippen molar-refractivity contribution in [1.82, 2.24) is 25.5 Å². The van der Waals surface area contributed by atoms with E-state index in [2.05, 4.69) is 25.5 Å². The van der Waals surface area contributed by atoms with Gasteiger partial charge in [0.05, 0.1) is 23.0 Å². The summed E-state index contributed by atoms with van der Waals surface area (Å²) < 4.78 is 0. The molecule has 100 valence electrons. The molecule has 0 saturated heterocycles. The second-order valence-electron chi connectivity index (χ2n) is 4.39. The molecule has 0 aliphatic heterocycles. The van der Waals surface area contributed by atoms with Crippen molar-refractivity contribution in [2.45, 2.75) is 33.2 Å². The van der Waals surface area contributed by atoms with Crippen LogP contribution < -0.4 is 5.32 Å². The lowest BCUT2D eigenvalue weighted by Gasteiger charge is -2.15. The Labute approximate surface area is 111 Å². The molecule has 0 spiro atoms. The molecule has 19 heavy (non-hydrogen) atoms. The maximum absolute atomic E-state index is 12.3. The Morgan fingerprint density at radius 1 is 1.42 bits per heavy atom. The third-order valence-electron chi connectivity index (χ3n) is 2.91. The zero-order chi connectivity index (χ0) is 13.8. The molecule has 6 nitrogen and oxygen atoms in total. The van der Waals surface area contributed by atoms with Crippen LogP contribution in [-0.4, -0.2) is 26.1 Å². The van der Waals surface area contributed by atoms with Gasteiger partial charge in [0, 0.05) is 12.4 Å². The van der Waals surface area contributed by atoms with Gasteiger partial charge in [-0.3, -0.25) is 4.79 Å². The molecular weight excluding hydrogens is 242 g/mol. The standard InChI is InChI=1S/C13H17N5O/c1-4-11(12-14-5-6-15-12)16-13(19)10-7-8(2)17-18-9(10)3/h5-7,11H,4H2,1-3H3,(H,14,15)(H,16,19). The minimum absolute atomic E-state index is 0.129. The van der Waals surface area contributed by atoms with Gasteiger partial charge in [-0.1, -0.05) is 6.92 Å². The van der Waals surface area contributed by atoms with Crippen molar-refractivity contribution in [3.63, 3.8) is 0 Å². The van der Waals surface area contributed by atoms with E-state index in [1.165, 1.54) is 0 Å². The number of aromatic amines is 1. The minimum Gasteiger partial charge on any atom is -0.347 e. The van der Waals surface area contributed by atoms with Gasteiger partial charge in [0.25, 0.3) is 5.91 Å². The summed E-state index contributed by atoms with van der Waals surface area (Å²) in [6.45, 7) is 5.58. The van der Waals surface area contributed by atoms with Crippen LogP contribution in [0.2, 0.25) is 0 Å². The number of nitrogens with one attached hydrogen (secondary N) is 2. The van der Waals surface area contributed by atoms with Gasteiger partial charge < -0.3 is 10.3 Å². The highest BCUT2D eigenvalue weighted by molar-refractivity contribution is 5.95. The maximum atomic E-state index is 12.3. The topological polar surface area (TPSA) is 83.6 Å². The quantitative estimate of drug-likeness (QED) is 0.875. The van der Waals surface area contributed by atoms with Crippen LogP contribution in [-0.2, 0) is 0 Å². The van der Waals surface area contributed by atoms with Crippen molar-refractivity contribution >= 4 is 5.91 Å². The number of aryl methyl sites for hydroxylation is 2. The molecule has 2 N–H and O–H groups in total. The Bertz CT molecular complexity index is 564. The summed E-state index contributed by atoms with van der Waals surface area (Å²) in [5.74, 6) is 0.603. The number of amides is 1. The molecule has 0 aliphatic carbocycles. The number of aromatic nitrogens is 4. The highest BCUT2D eigenvalue weighted by Crippen LogP contribution is 2.13. The predicted molar refractivity (Wildman–Crippen MR) is 70.6 cm³/mol. The molecule has 2 aromatic heterocycles. The largest absolute Gasteiger partial charge is 0.347 e. The first-order valence-corrected chi connectivity index (χ1v) is 6.23. The van der Waals surface area contributed by atoms with Crippen LogP contribution in [0.25, 0.3) is 0 Å². The van der Waals surface area contributed by atoms with Crippen LogP contribution in [0.4, 0.5) is 0 Å². The van der Waals surface area contributed by atoms with Crippen LogP contribution in [0.15, 0.2) is 18.5 Å². The Balaban J connectivity index is 2.18. The molecule has 1 unspecified atom stereocenters. The van der Waals surface area contributed by atoms with Gasteiger partial charge in [-0.05, 0) is 26.3 Å². The van der Waals surface area contributed by atoms with E-state index in [1.54, 1.807) is 25.4 Å². The summed E-state index contributed by atoms with van der Waals surface area (Å²) in [5.41, 5.74) is 1.90. The van der Waals surface area contributed by atoms with Crippen molar-refractivity contribution < 1.29 is 4.79 Å². The molecule has 1 atom stereocenters. The molecule has 0 bridgehead atoms. The van der Waals surface area contributed by atoms with E-state index in [1.807, 2.05) is 13.8 Å². The van der Waals surface area contributed by atoms with Crippen molar-refractivity contribution in [3.8, 4) is 0 Å². The number of hydrogen-bond acceptors (Lipinski definition) is 4. The number of carbonyl (C=O) groups is 1. The fourth-order valence-electron chi connectivity index (χ4n) is 1.85. The Morgan fingerprint density at radius 2 is 2.21 bits per heavy atom. The van der Waals surface area contributed by atoms with E-state index in [0.717, 1.165) is 17.9 Å². The molecule has 2 aromatic rings. The second-order valence-corrected chi connectivity index (χ2v) is 4.39. The van der Waals surface area contributed by atoms with E-state index in [0.29, 0.717) is 11.3 Å². The van der Waals surface area contributed by atoms with Crippen LogP contribution in [0.3, 0.4) is 0 Å². The summed E-state index contributed by atoms with van der Waals surface area (Å²) in [6, 6.07) is 1.61. The molecule has 0 fully saturated rings. The van der Waals surface area contributed by atoms with E-state index < -0.39 is 0 Å². The lowest BCUT2D eigenvalue weighted by Crippen LogP contribution is -2.29. The van der Waals surface area contributed by atoms with Gasteiger partial charge in [-0.2, -0.15) is 10.2 Å². The first kappa shape index (κ1) is 13.2. The number of H-pyrrole nitrogens is 1. The molecule has 0 aromatic carbocycles. The van der Waals surface area contributed by atoms with Gasteiger partial charge in [-0.25, -0.2) is 4.98 Å². The van der Waals surface area contributed by atoms with Gasteiger partial charge in [0.2, 0.25) is 0 Å². The lowest BCUT2D eigenvalue weighted by atomic mass is 10.1. The number of nitrogens with zero attached hydrogens (tertiary/aromatic N) is 3. The van der Waals surface area contributed by atoms with Gasteiger partial charge in [0.1, 0.15) is 5.82 Å². The average Bonchev–Trinajstić information content (AvgIpc) is 2.92. The van der Waals surface area contributed by atoms with E-state index >= 15 is 0 Å². The van der Waals surface area contributed by atoms with Crippen molar-refractivity contribution in [1.29, 1.82) is 0 Å². The monoisotopic (exact) mass is 259 g/mol. The molecule has 1 amide bonds. The second kappa shape index (κ2) is 5.60. The van der Waals surface area contributed by atoms with Crippen LogP contribution >= 0.6 is 0 Å². The van der Waals surface area contributed by atoms with E-state index in [9.17, 15) is 4.79 Å². The van der Waals surface area contributed by atoms with Crippen molar-refractivity contribution in [2.24, 2.45) is 0 Å². The molecule has 2 heterocycles. The SMILES string of the molecule is CCC(NC(=O)c1cc(C)nnc1C)c1ncc[nH]1. The Morgan fingerprint density at radius 3 is 2.84 bits per heavy atom. The first-order chi connectivity index (χ1) is 9.11. The fraction of sp³-hybridized carbons (Fsp3) is 0.385. The third kappa shape index (κ3) is 2.96. The third-order valence-corrected chi connectivity index (χ3v) is 2.91. The zero-order valence-electron chi connectivity index (χ0n) is 11.3. The normalized spacial score (nSPS) is 12.2. The number of hydrogen-bond donors (Lipinski definition) is 2. The highest BCUT2D eigenvalue weighted by atomic mass is 16.1. The predicted octanol–water partition coefficient (Wildman–Crippen LogP) is 1.70. The van der Waals surface area contributed by atoms with Crippen molar-refractivity contribution in [2.75, 3.05) is 0 Å². The zero-order valence-corrected chi connectivity index (χ0v) is 11.3. The summed E-state index contributed by atoms with van der Waals surface area (Å²) in [4.78, 5) is 19.5. The molecular formula is C13H17N5O. The fourth-order valence-corrected chi connectivity index (χ4v) is 1.85. The van der Waals surface area contributed by atoms with Crippen molar-refractivity contribution in [3.05, 3.63) is 41.2 Å². The Hall–Kier alpha value is -2.24. The molecule has 0 radical (unpaired) electrons. The van der Waals surface area contributed by atoms with Crippen LogP contribution in [0, 0.1) is 13.8 Å². The van der Waals surface area contributed by atoms with Crippen LogP contribution in [0.5, 0.6) is 0 Å². The number of carbonyl (C=O) groups excluding carboxylic acids is 1. The number of imidazole rings is 1. The summed E-state index contributed by atoms with van der Waals surface area (Å²) in [6.07, 6.45) is 4.18. The molecule has 2 rings (SSSR count). The summed E-state index contributed by atoms with van der Waals surface area (Å²) in [7, 11) is 0. The molecule has 0 saturated carbocycles. The lowest BCUT2D eigenvalue weighted by molar-refractivity contribution is 0.0932. The van der Waals surface area contributed by atoms with E-state index in [4.69, 9.17) is 0 Å². The number of rotatable bonds is 4. The van der Waals surface area contributed by atoms with Gasteiger partial charge in [-0.15, -0.1) is 0 Å². The maximum Gasteiger partial charge on any atom is 0.253 e. The minimum atomic E-state index is -0.154. The van der Waals surface area contributed by atoms with E-state index in [-0.39, 0.29) is 11.9 Å².